The molecule has 1 atom stereocenters. The number of para-hydroxylation sites is 1. The SMILES string of the molecule is O=S(=O)(c1ccccc1)[NH+]1C=C(c2cnc3c(c2)CCN3)c2ccccc21. The molecule has 0 spiro atoms. The van der Waals surface area contributed by atoms with Gasteiger partial charge in [0.1, 0.15) is 16.9 Å². The van der Waals surface area contributed by atoms with Gasteiger partial charge in [0.2, 0.25) is 0 Å². The molecular formula is C21H18N3O2S+. The van der Waals surface area contributed by atoms with E-state index in [-0.39, 0.29) is 0 Å². The summed E-state index contributed by atoms with van der Waals surface area (Å²) in [4.78, 5) is 4.82. The monoisotopic (exact) mass is 376 g/mol. The zero-order chi connectivity index (χ0) is 18.4. The van der Waals surface area contributed by atoms with Gasteiger partial charge in [-0.25, -0.2) is 4.98 Å². The largest absolute Gasteiger partial charge is 0.370 e. The van der Waals surface area contributed by atoms with Crippen molar-refractivity contribution < 1.29 is 12.7 Å². The summed E-state index contributed by atoms with van der Waals surface area (Å²) in [5.41, 5.74) is 4.70. The molecule has 0 saturated carbocycles. The Hall–Kier alpha value is -2.96. The maximum Gasteiger partial charge on any atom is 0.334 e. The number of rotatable bonds is 3. The van der Waals surface area contributed by atoms with Crippen molar-refractivity contribution in [2.24, 2.45) is 0 Å². The van der Waals surface area contributed by atoms with Crippen LogP contribution in [0.4, 0.5) is 11.5 Å². The highest BCUT2D eigenvalue weighted by Crippen LogP contribution is 2.33. The summed E-state index contributed by atoms with van der Waals surface area (Å²) in [5, 5.41) is 3.26. The van der Waals surface area contributed by atoms with Crippen LogP contribution in [-0.4, -0.2) is 19.9 Å². The quantitative estimate of drug-likeness (QED) is 0.737. The van der Waals surface area contributed by atoms with E-state index in [0.29, 0.717) is 9.20 Å². The number of hydrogen-bond donors (Lipinski definition) is 2. The van der Waals surface area contributed by atoms with Gasteiger partial charge in [-0.05, 0) is 36.2 Å². The Labute approximate surface area is 158 Å². The molecule has 0 saturated heterocycles. The summed E-state index contributed by atoms with van der Waals surface area (Å²) in [6.07, 6.45) is 4.54. The van der Waals surface area contributed by atoms with Crippen LogP contribution < -0.4 is 9.62 Å². The lowest BCUT2D eigenvalue weighted by molar-refractivity contribution is -0.620. The molecule has 0 radical (unpaired) electrons. The van der Waals surface area contributed by atoms with Crippen molar-refractivity contribution in [3.8, 4) is 0 Å². The molecule has 2 aromatic carbocycles. The molecule has 3 aromatic rings. The molecule has 0 aliphatic carbocycles. The molecule has 3 heterocycles. The van der Waals surface area contributed by atoms with Crippen molar-refractivity contribution in [1.82, 2.24) is 4.98 Å². The van der Waals surface area contributed by atoms with Crippen LogP contribution in [0, 0.1) is 0 Å². The fourth-order valence-corrected chi connectivity index (χ4v) is 5.24. The molecule has 2 N–H and O–H groups in total. The van der Waals surface area contributed by atoms with Gasteiger partial charge in [0.05, 0.1) is 11.1 Å². The fourth-order valence-electron chi connectivity index (χ4n) is 3.73. The van der Waals surface area contributed by atoms with E-state index in [1.54, 1.807) is 30.5 Å². The fraction of sp³-hybridized carbons (Fsp3) is 0.0952. The second kappa shape index (κ2) is 6.04. The maximum atomic E-state index is 13.3. The van der Waals surface area contributed by atoms with Crippen molar-refractivity contribution in [3.63, 3.8) is 0 Å². The lowest BCUT2D eigenvalue weighted by Gasteiger charge is -2.11. The minimum Gasteiger partial charge on any atom is -0.370 e. The molecule has 1 aromatic heterocycles. The van der Waals surface area contributed by atoms with Crippen molar-refractivity contribution in [1.29, 1.82) is 0 Å². The van der Waals surface area contributed by atoms with Gasteiger partial charge in [0, 0.05) is 24.4 Å². The molecule has 2 aliphatic heterocycles. The lowest BCUT2D eigenvalue weighted by Crippen LogP contribution is -3.03. The van der Waals surface area contributed by atoms with Crippen LogP contribution in [0.5, 0.6) is 0 Å². The van der Waals surface area contributed by atoms with E-state index >= 15 is 0 Å². The molecule has 5 nitrogen and oxygen atoms in total. The number of nitrogens with one attached hydrogen (secondary N) is 2. The first-order chi connectivity index (χ1) is 13.1. The third-order valence-corrected chi connectivity index (χ3v) is 6.88. The first kappa shape index (κ1) is 16.2. The number of nitrogens with zero attached hydrogens (tertiary/aromatic N) is 1. The number of quaternary nitrogens is 1. The van der Waals surface area contributed by atoms with Gasteiger partial charge in [0.25, 0.3) is 0 Å². The van der Waals surface area contributed by atoms with Gasteiger partial charge in [-0.1, -0.05) is 30.3 Å². The zero-order valence-electron chi connectivity index (χ0n) is 14.5. The average Bonchev–Trinajstić information content (AvgIpc) is 3.33. The van der Waals surface area contributed by atoms with Crippen LogP contribution in [0.3, 0.4) is 0 Å². The minimum atomic E-state index is -3.60. The molecule has 2 aliphatic rings. The highest BCUT2D eigenvalue weighted by Gasteiger charge is 2.37. The zero-order valence-corrected chi connectivity index (χ0v) is 15.3. The Morgan fingerprint density at radius 3 is 2.63 bits per heavy atom. The number of aromatic nitrogens is 1. The van der Waals surface area contributed by atoms with Crippen LogP contribution >= 0.6 is 0 Å². The van der Waals surface area contributed by atoms with E-state index in [2.05, 4.69) is 16.4 Å². The second-order valence-corrected chi connectivity index (χ2v) is 8.61. The summed E-state index contributed by atoms with van der Waals surface area (Å²) in [6, 6.07) is 18.4. The predicted molar refractivity (Wildman–Crippen MR) is 104 cm³/mol. The third-order valence-electron chi connectivity index (χ3n) is 5.07. The van der Waals surface area contributed by atoms with Gasteiger partial charge in [0.15, 0.2) is 5.69 Å². The first-order valence-electron chi connectivity index (χ1n) is 8.86. The number of sulfonamides is 1. The first-order valence-corrected chi connectivity index (χ1v) is 10.3. The average molecular weight is 376 g/mol. The summed E-state index contributed by atoms with van der Waals surface area (Å²) in [6.45, 7) is 0.890. The van der Waals surface area contributed by atoms with Gasteiger partial charge in [-0.15, -0.1) is 0 Å². The third kappa shape index (κ3) is 2.57. The minimum absolute atomic E-state index is 0.309. The van der Waals surface area contributed by atoms with E-state index < -0.39 is 10.0 Å². The number of anilines is 1. The summed E-state index contributed by atoms with van der Waals surface area (Å²) >= 11 is 0. The molecular weight excluding hydrogens is 358 g/mol. The maximum absolute atomic E-state index is 13.3. The Morgan fingerprint density at radius 1 is 1.00 bits per heavy atom. The highest BCUT2D eigenvalue weighted by atomic mass is 32.2. The molecule has 6 heteroatoms. The van der Waals surface area contributed by atoms with E-state index in [0.717, 1.165) is 41.2 Å². The summed E-state index contributed by atoms with van der Waals surface area (Å²) in [7, 11) is -3.60. The lowest BCUT2D eigenvalue weighted by atomic mass is 9.99. The number of pyridine rings is 1. The summed E-state index contributed by atoms with van der Waals surface area (Å²) < 4.78 is 26.9. The van der Waals surface area contributed by atoms with Crippen LogP contribution in [0.25, 0.3) is 5.57 Å². The van der Waals surface area contributed by atoms with Crippen LogP contribution in [0.2, 0.25) is 0 Å². The van der Waals surface area contributed by atoms with E-state index in [4.69, 9.17) is 0 Å². The Balaban J connectivity index is 1.66. The number of fused-ring (bicyclic) bond motifs is 2. The predicted octanol–water partition coefficient (Wildman–Crippen LogP) is 2.36. The molecule has 5 rings (SSSR count). The van der Waals surface area contributed by atoms with Crippen molar-refractivity contribution in [2.45, 2.75) is 11.3 Å². The normalized spacial score (nSPS) is 17.8. The van der Waals surface area contributed by atoms with Crippen molar-refractivity contribution >= 4 is 27.1 Å². The molecule has 0 bridgehead atoms. The molecule has 27 heavy (non-hydrogen) atoms. The van der Waals surface area contributed by atoms with Crippen LogP contribution in [-0.2, 0) is 16.4 Å². The van der Waals surface area contributed by atoms with Gasteiger partial charge < -0.3 is 5.32 Å². The second-order valence-electron chi connectivity index (χ2n) is 6.69. The Bertz CT molecular complexity index is 1170. The Kier molecular flexibility index (Phi) is 3.63. The van der Waals surface area contributed by atoms with Crippen LogP contribution in [0.1, 0.15) is 16.7 Å². The number of hydrogen-bond acceptors (Lipinski definition) is 4. The van der Waals surface area contributed by atoms with Gasteiger partial charge in [-0.2, -0.15) is 12.7 Å². The molecule has 0 fully saturated rings. The van der Waals surface area contributed by atoms with Crippen molar-refractivity contribution in [2.75, 3.05) is 11.9 Å². The molecule has 134 valence electrons. The van der Waals surface area contributed by atoms with E-state index in [1.807, 2.05) is 36.5 Å². The number of benzene rings is 2. The van der Waals surface area contributed by atoms with Gasteiger partial charge >= 0.3 is 10.0 Å². The van der Waals surface area contributed by atoms with Crippen LogP contribution in [0.15, 0.2) is 78.0 Å². The highest BCUT2D eigenvalue weighted by molar-refractivity contribution is 7.85. The van der Waals surface area contributed by atoms with Crippen molar-refractivity contribution in [3.05, 3.63) is 89.8 Å². The smallest absolute Gasteiger partial charge is 0.334 e. The van der Waals surface area contributed by atoms with E-state index in [9.17, 15) is 8.42 Å². The summed E-state index contributed by atoms with van der Waals surface area (Å²) in [5.74, 6) is 0.923. The Morgan fingerprint density at radius 2 is 1.78 bits per heavy atom. The standard InChI is InChI=1S/C21H17N3O2S/c25-27(26,17-6-2-1-3-7-17)24-14-19(18-8-4-5-9-20(18)24)16-12-15-10-11-22-21(15)23-13-16/h1-9,12-14H,10-11H2,(H,22,23)/p+1. The molecule has 1 unspecified atom stereocenters. The topological polar surface area (TPSA) is 63.5 Å². The van der Waals surface area contributed by atoms with Gasteiger partial charge in [-0.3, -0.25) is 0 Å². The van der Waals surface area contributed by atoms with E-state index in [1.165, 1.54) is 5.56 Å². The molecule has 0 amide bonds.